The van der Waals surface area contributed by atoms with Crippen molar-refractivity contribution in [3.63, 3.8) is 0 Å². The van der Waals surface area contributed by atoms with Gasteiger partial charge in [0.2, 0.25) is 139 Å². The largest absolute Gasteiger partial charge is 0.416 e. The van der Waals surface area contributed by atoms with Gasteiger partial charge in [0, 0.05) is 44.3 Å². The summed E-state index contributed by atoms with van der Waals surface area (Å²) < 4.78 is 305. The number of benzene rings is 8. The Morgan fingerprint density at radius 3 is 0.538 bits per heavy atom. The number of rotatable bonds is 12. The molecule has 0 unspecified atom stereocenters. The molecule has 0 saturated heterocycles. The fourth-order valence-electron chi connectivity index (χ4n) is 10.8. The molecule has 12 nitrogen and oxygen atoms in total. The van der Waals surface area contributed by atoms with Gasteiger partial charge in [0.1, 0.15) is 0 Å². The van der Waals surface area contributed by atoms with E-state index in [4.69, 9.17) is 9.97 Å². The molecule has 0 amide bonds. The van der Waals surface area contributed by atoms with E-state index in [9.17, 15) is 107 Å². The molecule has 0 radical (unpaired) electrons. The maximum Gasteiger partial charge on any atom is 0.343 e. The highest BCUT2D eigenvalue weighted by molar-refractivity contribution is 6.02. The Morgan fingerprint density at radius 2 is 0.375 bits per heavy atom. The number of fused-ring (bicyclic) bond motifs is 8. The van der Waals surface area contributed by atoms with Gasteiger partial charge in [0.05, 0.1) is 45.0 Å². The molecule has 2 aliphatic heterocycles. The van der Waals surface area contributed by atoms with Crippen LogP contribution in [0.5, 0.6) is 23.0 Å². The summed E-state index contributed by atoms with van der Waals surface area (Å²) in [6.07, 6.45) is 5.79. The number of esters is 4. The van der Waals surface area contributed by atoms with Crippen LogP contribution in [-0.4, -0.2) is 43.8 Å². The summed E-state index contributed by atoms with van der Waals surface area (Å²) in [6.45, 7) is 0. The molecule has 8 bridgehead atoms. The van der Waals surface area contributed by atoms with E-state index in [2.05, 4.69) is 28.9 Å². The number of aromatic nitrogens is 4. The zero-order valence-electron chi connectivity index (χ0n) is 50.6. The Labute approximate surface area is 564 Å². The molecule has 522 valence electrons. The highest BCUT2D eigenvalue weighted by Crippen LogP contribution is 2.42. The summed E-state index contributed by atoms with van der Waals surface area (Å²) in [5, 5.41) is 0. The molecule has 5 heterocycles. The number of nitrogens with zero attached hydrogens (tertiary/aromatic N) is 2. The minimum atomic E-state index is -2.55. The van der Waals surface area contributed by atoms with Crippen LogP contribution in [-0.2, 0) is 0 Å². The van der Waals surface area contributed by atoms with E-state index in [1.807, 2.05) is 0 Å². The van der Waals surface area contributed by atoms with Gasteiger partial charge in [-0.3, -0.25) is 0 Å². The highest BCUT2D eigenvalue weighted by atomic mass is 19.2. The lowest BCUT2D eigenvalue weighted by Crippen LogP contribution is -2.13. The molecule has 3 aromatic heterocycles. The van der Waals surface area contributed by atoms with Crippen molar-refractivity contribution in [2.75, 3.05) is 0 Å². The third-order valence-corrected chi connectivity index (χ3v) is 15.8. The first-order valence-corrected chi connectivity index (χ1v) is 29.1. The molecule has 11 aromatic rings. The van der Waals surface area contributed by atoms with Gasteiger partial charge in [-0.25, -0.2) is 81.8 Å². The van der Waals surface area contributed by atoms with E-state index < -0.39 is 185 Å². The van der Waals surface area contributed by atoms with Crippen LogP contribution in [0.3, 0.4) is 0 Å². The fourth-order valence-corrected chi connectivity index (χ4v) is 10.8. The molecule has 8 aromatic carbocycles. The first kappa shape index (κ1) is 69.3. The molecule has 0 aliphatic carbocycles. The standard InChI is InChI=1S/C72H26F20N4O8/c73-45-49(77)57(85)65(58(86)50(45)78)101-69(97)29-9-1-25(2-10-29)41-33-17-19-35(93-33)42(26-3-11-30(12-4-26)70(98)102-66-59(87)51(79)46(74)52(80)60(66)88)37-21-23-39(95-37)44(28-7-15-32(16-8-28)72(100)104-68-63(91)55(83)48(76)56(84)64(68)92)40-24-22-38(96-40)43(36-20-18-34(41)94-36)27-5-13-31(14-6-27)71(99)103-67-61(89)53(81)47(75)54(82)62(67)90/h1-24,93,96H. The van der Waals surface area contributed by atoms with Crippen molar-refractivity contribution in [2.24, 2.45) is 0 Å². The summed E-state index contributed by atoms with van der Waals surface area (Å²) in [7, 11) is 0. The molecule has 104 heavy (non-hydrogen) atoms. The molecule has 0 spiro atoms. The van der Waals surface area contributed by atoms with Crippen molar-refractivity contribution >= 4 is 70.2 Å². The topological polar surface area (TPSA) is 163 Å². The van der Waals surface area contributed by atoms with E-state index in [0.29, 0.717) is 0 Å². The zero-order valence-corrected chi connectivity index (χ0v) is 50.6. The summed E-state index contributed by atoms with van der Waals surface area (Å²) >= 11 is 0. The first-order chi connectivity index (χ1) is 49.5. The number of aromatic amines is 2. The van der Waals surface area contributed by atoms with Gasteiger partial charge in [-0.15, -0.1) is 0 Å². The first-order valence-electron chi connectivity index (χ1n) is 29.1. The summed E-state index contributed by atoms with van der Waals surface area (Å²) in [5.41, 5.74) is -0.554. The minimum absolute atomic E-state index is 0.0301. The van der Waals surface area contributed by atoms with E-state index in [0.717, 1.165) is 48.5 Å². The second-order valence-corrected chi connectivity index (χ2v) is 22.0. The van der Waals surface area contributed by atoms with Crippen molar-refractivity contribution < 1.29 is 126 Å². The Hall–Kier alpha value is -13.2. The van der Waals surface area contributed by atoms with Crippen LogP contribution in [0, 0.1) is 116 Å². The van der Waals surface area contributed by atoms with Crippen LogP contribution >= 0.6 is 0 Å². The molecule has 2 N–H and O–H groups in total. The van der Waals surface area contributed by atoms with Crippen LogP contribution < -0.4 is 18.9 Å². The van der Waals surface area contributed by atoms with Crippen LogP contribution in [0.4, 0.5) is 87.8 Å². The normalized spacial score (nSPS) is 11.7. The maximum absolute atomic E-state index is 14.7. The van der Waals surface area contributed by atoms with E-state index in [1.165, 1.54) is 97.1 Å². The molecule has 0 atom stereocenters. The van der Waals surface area contributed by atoms with Gasteiger partial charge < -0.3 is 28.9 Å². The van der Waals surface area contributed by atoms with Crippen LogP contribution in [0.25, 0.3) is 90.9 Å². The number of nitrogens with one attached hydrogen (secondary N) is 2. The Morgan fingerprint density at radius 1 is 0.221 bits per heavy atom. The Balaban J connectivity index is 1.01. The number of H-pyrrole nitrogens is 2. The quantitative estimate of drug-likeness (QED) is 0.0396. The number of carbonyl (C=O) groups excluding carboxylic acids is 4. The predicted octanol–water partition coefficient (Wildman–Crippen LogP) is 19.0. The van der Waals surface area contributed by atoms with Crippen LogP contribution in [0.15, 0.2) is 121 Å². The molecule has 0 fully saturated rings. The van der Waals surface area contributed by atoms with Crippen LogP contribution in [0.2, 0.25) is 0 Å². The van der Waals surface area contributed by atoms with Gasteiger partial charge in [-0.2, -0.15) is 35.1 Å². The third-order valence-electron chi connectivity index (χ3n) is 15.8. The number of halogens is 20. The SMILES string of the molecule is O=C(Oc1c(F)c(F)c(F)c(F)c1F)c1ccc(-c2c3nc(c(-c4ccc(C(=O)Oc5c(F)c(F)c(F)c(F)c5F)cc4)c4ccc([nH]4)c(-c4ccc(C(=O)Oc5c(F)c(F)c(F)c(F)c5F)cc4)c4nc(c(-c5ccc(C(=O)Oc6c(F)c(F)c(F)c(F)c6F)cc5)c5ccc2[nH]5)C=C4)C=C3)cc1. The van der Waals surface area contributed by atoms with Crippen molar-refractivity contribution in [3.05, 3.63) is 283 Å². The minimum Gasteiger partial charge on any atom is -0.416 e. The van der Waals surface area contributed by atoms with Gasteiger partial charge in [-0.05, 0) is 119 Å². The zero-order chi connectivity index (χ0) is 74.3. The summed E-state index contributed by atoms with van der Waals surface area (Å²) in [5.74, 6) is -63.6. The molecular weight excluding hydrogens is 1430 g/mol. The van der Waals surface area contributed by atoms with Crippen molar-refractivity contribution in [3.8, 4) is 67.5 Å². The van der Waals surface area contributed by atoms with Crippen molar-refractivity contribution in [2.45, 2.75) is 0 Å². The van der Waals surface area contributed by atoms with E-state index >= 15 is 0 Å². The molecule has 32 heteroatoms. The molecular formula is C72H26F20N4O8. The van der Waals surface area contributed by atoms with Crippen LogP contribution in [0.1, 0.15) is 64.2 Å². The van der Waals surface area contributed by atoms with Gasteiger partial charge in [0.25, 0.3) is 0 Å². The fraction of sp³-hybridized carbons (Fsp3) is 0. The monoisotopic (exact) mass is 1450 g/mol. The predicted molar refractivity (Wildman–Crippen MR) is 325 cm³/mol. The lowest BCUT2D eigenvalue weighted by atomic mass is 10.0. The lowest BCUT2D eigenvalue weighted by Gasteiger charge is -2.10. The highest BCUT2D eigenvalue weighted by Gasteiger charge is 2.34. The summed E-state index contributed by atoms with van der Waals surface area (Å²) in [4.78, 5) is 69.9. The average molecular weight is 1450 g/mol. The Bertz CT molecular complexity index is 5010. The average Bonchev–Trinajstić information content (AvgIpc) is 1.63. The summed E-state index contributed by atoms with van der Waals surface area (Å²) in [6, 6.07) is 24.0. The van der Waals surface area contributed by atoms with Gasteiger partial charge in [-0.1, -0.05) is 48.5 Å². The maximum atomic E-state index is 14.7. The second-order valence-electron chi connectivity index (χ2n) is 22.0. The van der Waals surface area contributed by atoms with E-state index in [-0.39, 0.29) is 89.4 Å². The second kappa shape index (κ2) is 26.7. The molecule has 2 aliphatic rings. The molecule has 13 rings (SSSR count). The number of carbonyl (C=O) groups is 4. The smallest absolute Gasteiger partial charge is 0.343 e. The van der Waals surface area contributed by atoms with E-state index in [1.54, 1.807) is 0 Å². The lowest BCUT2D eigenvalue weighted by molar-refractivity contribution is 0.0707. The molecule has 0 saturated carbocycles. The van der Waals surface area contributed by atoms with Crippen molar-refractivity contribution in [1.82, 2.24) is 19.9 Å². The number of hydrogen-bond acceptors (Lipinski definition) is 10. The Kier molecular flexibility index (Phi) is 17.8. The number of ether oxygens (including phenoxy) is 4. The van der Waals surface area contributed by atoms with Gasteiger partial charge in [0.15, 0.2) is 0 Å². The third kappa shape index (κ3) is 12.0. The van der Waals surface area contributed by atoms with Gasteiger partial charge >= 0.3 is 23.9 Å². The van der Waals surface area contributed by atoms with Crippen molar-refractivity contribution in [1.29, 1.82) is 0 Å². The number of hydrogen-bond donors (Lipinski definition) is 2.